The number of urea groups is 1. The number of hydrogen-bond acceptors (Lipinski definition) is 3. The number of nitrogens with two attached hydrogens (primary N) is 1. The quantitative estimate of drug-likeness (QED) is 0.745. The van der Waals surface area contributed by atoms with Crippen LogP contribution in [0.5, 0.6) is 0 Å². The number of nitrogens with one attached hydrogen (secondary N) is 2. The molecule has 2 amide bonds. The van der Waals surface area contributed by atoms with Gasteiger partial charge in [-0.25, -0.2) is 13.2 Å². The van der Waals surface area contributed by atoms with Gasteiger partial charge in [0.25, 0.3) is 0 Å². The van der Waals surface area contributed by atoms with E-state index in [1.54, 1.807) is 12.1 Å². The lowest BCUT2D eigenvalue weighted by Gasteiger charge is -2.11. The van der Waals surface area contributed by atoms with Gasteiger partial charge in [-0.2, -0.15) is 0 Å². The van der Waals surface area contributed by atoms with Crippen LogP contribution in [0.2, 0.25) is 0 Å². The molecule has 0 saturated carbocycles. The van der Waals surface area contributed by atoms with Crippen LogP contribution in [0.15, 0.2) is 47.4 Å². The average Bonchev–Trinajstić information content (AvgIpc) is 3.01. The monoisotopic (exact) mass is 374 g/mol. The van der Waals surface area contributed by atoms with Gasteiger partial charge >= 0.3 is 6.03 Å². The zero-order chi connectivity index (χ0) is 18.7. The molecule has 0 unspecified atom stereocenters. The molecule has 0 radical (unpaired) electrons. The normalized spacial score (nSPS) is 13.5. The Kier molecular flexibility index (Phi) is 5.29. The van der Waals surface area contributed by atoms with Crippen LogP contribution in [0.3, 0.4) is 0 Å². The van der Waals surface area contributed by atoms with Crippen molar-refractivity contribution in [2.24, 2.45) is 0 Å². The smallest absolute Gasteiger partial charge is 0.319 e. The number of carbonyl (C=O) groups is 1. The maximum absolute atomic E-state index is 12.7. The maximum atomic E-state index is 12.7. The highest BCUT2D eigenvalue weighted by atomic mass is 32.2. The molecule has 26 heavy (non-hydrogen) atoms. The molecule has 0 aromatic heterocycles. The van der Waals surface area contributed by atoms with E-state index >= 15 is 0 Å². The highest BCUT2D eigenvalue weighted by molar-refractivity contribution is 7.90. The second-order valence-corrected chi connectivity index (χ2v) is 8.83. The van der Waals surface area contributed by atoms with Crippen molar-refractivity contribution in [3.05, 3.63) is 59.2 Å². The topological polar surface area (TPSA) is 91.9 Å². The maximum Gasteiger partial charge on any atom is 0.319 e. The lowest BCUT2D eigenvalue weighted by Crippen LogP contribution is -2.77. The molecule has 0 aliphatic carbocycles. The van der Waals surface area contributed by atoms with E-state index in [4.69, 9.17) is 0 Å². The Morgan fingerprint density at radius 2 is 1.77 bits per heavy atom. The van der Waals surface area contributed by atoms with Gasteiger partial charge in [-0.1, -0.05) is 12.1 Å². The van der Waals surface area contributed by atoms with E-state index in [1.165, 1.54) is 23.3 Å². The molecule has 7 heteroatoms. The van der Waals surface area contributed by atoms with Gasteiger partial charge in [0.15, 0.2) is 9.84 Å². The zero-order valence-electron chi connectivity index (χ0n) is 15.0. The summed E-state index contributed by atoms with van der Waals surface area (Å²) < 4.78 is 25.3. The molecule has 4 N–H and O–H groups in total. The molecule has 0 bridgehead atoms. The predicted molar refractivity (Wildman–Crippen MR) is 100 cm³/mol. The molecule has 0 spiro atoms. The molecule has 1 aliphatic heterocycles. The Morgan fingerprint density at radius 1 is 1.08 bits per heavy atom. The van der Waals surface area contributed by atoms with Gasteiger partial charge in [0.1, 0.15) is 13.1 Å². The third-order valence-corrected chi connectivity index (χ3v) is 5.95. The fourth-order valence-corrected chi connectivity index (χ4v) is 4.35. The number of amides is 2. The molecule has 138 valence electrons. The van der Waals surface area contributed by atoms with Crippen LogP contribution < -0.4 is 16.0 Å². The molecule has 6 nitrogen and oxygen atoms in total. The number of carbonyl (C=O) groups excluding carboxylic acids is 1. The van der Waals surface area contributed by atoms with Gasteiger partial charge in [0.05, 0.1) is 10.6 Å². The Balaban J connectivity index is 1.70. The molecule has 0 saturated heterocycles. The van der Waals surface area contributed by atoms with Crippen molar-refractivity contribution < 1.29 is 18.5 Å². The average molecular weight is 374 g/mol. The molecule has 3 rings (SSSR count). The van der Waals surface area contributed by atoms with Crippen molar-refractivity contribution in [1.82, 2.24) is 5.32 Å². The number of benzene rings is 2. The summed E-state index contributed by atoms with van der Waals surface area (Å²) >= 11 is 0. The zero-order valence-corrected chi connectivity index (χ0v) is 15.8. The van der Waals surface area contributed by atoms with Crippen molar-refractivity contribution in [3.63, 3.8) is 0 Å². The van der Waals surface area contributed by atoms with Gasteiger partial charge in [0.2, 0.25) is 0 Å². The highest BCUT2D eigenvalue weighted by Crippen LogP contribution is 2.21. The van der Waals surface area contributed by atoms with E-state index in [0.717, 1.165) is 18.7 Å². The number of hydrogen-bond donors (Lipinski definition) is 3. The summed E-state index contributed by atoms with van der Waals surface area (Å²) in [6.07, 6.45) is 0. The van der Waals surface area contributed by atoms with Gasteiger partial charge < -0.3 is 16.0 Å². The molecule has 1 aliphatic rings. The third kappa shape index (κ3) is 4.42. The first-order chi connectivity index (χ1) is 12.3. The first-order valence-corrected chi connectivity index (χ1v) is 10.3. The van der Waals surface area contributed by atoms with E-state index in [-0.39, 0.29) is 22.7 Å². The van der Waals surface area contributed by atoms with E-state index in [1.807, 2.05) is 32.0 Å². The first kappa shape index (κ1) is 18.4. The molecule has 2 aromatic carbocycles. The largest absolute Gasteiger partial charge is 0.339 e. The van der Waals surface area contributed by atoms with Crippen LogP contribution in [0.25, 0.3) is 0 Å². The van der Waals surface area contributed by atoms with E-state index in [2.05, 4.69) is 16.0 Å². The summed E-state index contributed by atoms with van der Waals surface area (Å²) in [5.41, 5.74) is 3.85. The SMILES string of the molecule is CC(C)NC(=O)Nc1ccc(S(=O)(=O)Cc2ccc3c(c2)C[NH2+]C3)cc1. The molecule has 0 fully saturated rings. The standard InChI is InChI=1S/C19H23N3O3S/c1-13(2)21-19(23)22-17-5-7-18(8-6-17)26(24,25)12-14-3-4-15-10-20-11-16(15)9-14/h3-9,13,20H,10-12H2,1-2H3,(H2,21,22,23)/p+1. The predicted octanol–water partition coefficient (Wildman–Crippen LogP) is 1.77. The molecular weight excluding hydrogens is 350 g/mol. The Bertz CT molecular complexity index is 906. The van der Waals surface area contributed by atoms with Crippen LogP contribution in [-0.4, -0.2) is 20.5 Å². The number of anilines is 1. The van der Waals surface area contributed by atoms with Gasteiger partial charge in [0, 0.05) is 22.9 Å². The van der Waals surface area contributed by atoms with Crippen molar-refractivity contribution in [3.8, 4) is 0 Å². The summed E-state index contributed by atoms with van der Waals surface area (Å²) in [6.45, 7) is 5.60. The van der Waals surface area contributed by atoms with Crippen LogP contribution >= 0.6 is 0 Å². The van der Waals surface area contributed by atoms with Crippen LogP contribution in [0.1, 0.15) is 30.5 Å². The third-order valence-electron chi connectivity index (χ3n) is 4.25. The van der Waals surface area contributed by atoms with Crippen molar-refractivity contribution in [2.45, 2.75) is 43.6 Å². The van der Waals surface area contributed by atoms with Crippen molar-refractivity contribution in [1.29, 1.82) is 0 Å². The van der Waals surface area contributed by atoms with Gasteiger partial charge in [-0.3, -0.25) is 0 Å². The Morgan fingerprint density at radius 3 is 2.46 bits per heavy atom. The summed E-state index contributed by atoms with van der Waals surface area (Å²) in [4.78, 5) is 11.9. The lowest BCUT2D eigenvalue weighted by atomic mass is 10.1. The highest BCUT2D eigenvalue weighted by Gasteiger charge is 2.19. The Labute approximate surface area is 153 Å². The van der Waals surface area contributed by atoms with Gasteiger partial charge in [-0.05, 0) is 49.7 Å². The van der Waals surface area contributed by atoms with Crippen molar-refractivity contribution in [2.75, 3.05) is 5.32 Å². The fourth-order valence-electron chi connectivity index (χ4n) is 3.02. The number of rotatable bonds is 5. The minimum atomic E-state index is -3.43. The number of sulfone groups is 1. The molecular formula is C19H24N3O3S+. The summed E-state index contributed by atoms with van der Waals surface area (Å²) in [7, 11) is -3.43. The van der Waals surface area contributed by atoms with Gasteiger partial charge in [-0.15, -0.1) is 0 Å². The number of fused-ring (bicyclic) bond motifs is 1. The molecule has 1 heterocycles. The summed E-state index contributed by atoms with van der Waals surface area (Å²) in [5.74, 6) is -0.0269. The second kappa shape index (κ2) is 7.47. The van der Waals surface area contributed by atoms with Crippen molar-refractivity contribution >= 4 is 21.6 Å². The fraction of sp³-hybridized carbons (Fsp3) is 0.316. The molecule has 0 atom stereocenters. The van der Waals surface area contributed by atoms with Crippen LogP contribution in [0.4, 0.5) is 10.5 Å². The van der Waals surface area contributed by atoms with Crippen LogP contribution in [-0.2, 0) is 28.7 Å². The van der Waals surface area contributed by atoms with E-state index < -0.39 is 9.84 Å². The summed E-state index contributed by atoms with van der Waals surface area (Å²) in [5, 5.41) is 7.60. The first-order valence-electron chi connectivity index (χ1n) is 8.66. The molecule has 2 aromatic rings. The number of quaternary nitrogens is 1. The summed E-state index contributed by atoms with van der Waals surface area (Å²) in [6, 6.07) is 11.9. The minimum Gasteiger partial charge on any atom is -0.339 e. The minimum absolute atomic E-state index is 0.0269. The van der Waals surface area contributed by atoms with E-state index in [9.17, 15) is 13.2 Å². The second-order valence-electron chi connectivity index (χ2n) is 6.84. The van der Waals surface area contributed by atoms with Crippen LogP contribution in [0, 0.1) is 0 Å². The Hall–Kier alpha value is -2.38. The lowest BCUT2D eigenvalue weighted by molar-refractivity contribution is -0.676. The van der Waals surface area contributed by atoms with E-state index in [0.29, 0.717) is 5.69 Å².